The highest BCUT2D eigenvalue weighted by Gasteiger charge is 2.25. The molecule has 8 nitrogen and oxygen atoms in total. The molecule has 4 aromatic rings. The Morgan fingerprint density at radius 1 is 0.389 bits per heavy atom. The minimum atomic E-state index is -4.14. The molecule has 0 saturated heterocycles. The molecule has 192 valence electrons. The number of phosphoric ester groups is 2. The fourth-order valence-corrected chi connectivity index (χ4v) is 4.12. The van der Waals surface area contributed by atoms with Gasteiger partial charge in [-0.05, 0) is 48.5 Å². The molecule has 0 bridgehead atoms. The predicted molar refractivity (Wildman–Crippen MR) is 142 cm³/mol. The van der Waals surface area contributed by atoms with Gasteiger partial charge in [-0.2, -0.15) is 0 Å². The molecule has 0 aliphatic rings. The van der Waals surface area contributed by atoms with Crippen LogP contribution in [0.5, 0.6) is 23.0 Å². The molecule has 0 unspecified atom stereocenters. The van der Waals surface area contributed by atoms with Gasteiger partial charge in [-0.3, -0.25) is 9.79 Å². The Labute approximate surface area is 221 Å². The summed E-state index contributed by atoms with van der Waals surface area (Å²) in [7, 11) is -8.27. The van der Waals surface area contributed by atoms with E-state index in [1.165, 1.54) is 0 Å². The van der Waals surface area contributed by atoms with Gasteiger partial charge < -0.3 is 18.1 Å². The van der Waals surface area contributed by atoms with Crippen molar-refractivity contribution < 1.29 is 37.0 Å². The van der Waals surface area contributed by atoms with Gasteiger partial charge in [0.25, 0.3) is 0 Å². The molecule has 0 atom stereocenters. The van der Waals surface area contributed by atoms with Crippen molar-refractivity contribution in [3.63, 3.8) is 0 Å². The van der Waals surface area contributed by atoms with E-state index in [0.717, 1.165) is 0 Å². The molecule has 0 aromatic heterocycles. The SMILES string of the molecule is Cl.Cl.O=P(O)(Oc1ccccc1)Oc1ccccc1.O=P(O)(Oc1ccccc1)Oc1ccccc1. The van der Waals surface area contributed by atoms with Crippen molar-refractivity contribution in [1.29, 1.82) is 0 Å². The second kappa shape index (κ2) is 15.2. The van der Waals surface area contributed by atoms with Gasteiger partial charge in [0.2, 0.25) is 0 Å². The second-order valence-corrected chi connectivity index (χ2v) is 9.16. The maximum Gasteiger partial charge on any atom is 0.584 e. The van der Waals surface area contributed by atoms with Crippen molar-refractivity contribution in [1.82, 2.24) is 0 Å². The van der Waals surface area contributed by atoms with Crippen molar-refractivity contribution in [3.8, 4) is 23.0 Å². The minimum Gasteiger partial charge on any atom is -0.395 e. The third-order valence-electron chi connectivity index (χ3n) is 3.86. The van der Waals surface area contributed by atoms with Gasteiger partial charge in [-0.1, -0.05) is 72.8 Å². The zero-order chi connectivity index (χ0) is 24.3. The maximum absolute atomic E-state index is 11.7. The molecule has 2 N–H and O–H groups in total. The Morgan fingerprint density at radius 2 is 0.556 bits per heavy atom. The van der Waals surface area contributed by atoms with E-state index in [0.29, 0.717) is 0 Å². The first-order valence-corrected chi connectivity index (χ1v) is 12.9. The van der Waals surface area contributed by atoms with Crippen LogP contribution in [0.4, 0.5) is 0 Å². The van der Waals surface area contributed by atoms with Gasteiger partial charge in [-0.25, -0.2) is 9.13 Å². The van der Waals surface area contributed by atoms with Crippen molar-refractivity contribution >= 4 is 40.5 Å². The van der Waals surface area contributed by atoms with Gasteiger partial charge in [0.05, 0.1) is 0 Å². The van der Waals surface area contributed by atoms with Gasteiger partial charge in [0, 0.05) is 0 Å². The maximum atomic E-state index is 11.7. The number of benzene rings is 4. The summed E-state index contributed by atoms with van der Waals surface area (Å²) in [6, 6.07) is 33.4. The van der Waals surface area contributed by atoms with E-state index < -0.39 is 15.6 Å². The average molecular weight is 573 g/mol. The topological polar surface area (TPSA) is 112 Å². The number of hydrogen-bond acceptors (Lipinski definition) is 6. The molecule has 0 aliphatic heterocycles. The summed E-state index contributed by atoms with van der Waals surface area (Å²) < 4.78 is 42.9. The molecule has 4 rings (SSSR count). The van der Waals surface area contributed by atoms with Crippen molar-refractivity contribution in [2.45, 2.75) is 0 Å². The van der Waals surface area contributed by atoms with Crippen LogP contribution in [0.15, 0.2) is 121 Å². The van der Waals surface area contributed by atoms with Crippen molar-refractivity contribution in [2.75, 3.05) is 0 Å². The van der Waals surface area contributed by atoms with Crippen LogP contribution < -0.4 is 18.1 Å². The Kier molecular flexibility index (Phi) is 13.1. The third kappa shape index (κ3) is 11.6. The molecule has 0 saturated carbocycles. The molecule has 0 heterocycles. The number of phosphoric acid groups is 2. The molecular formula is C24H24Cl2O8P2. The summed E-state index contributed by atoms with van der Waals surface area (Å²) in [5.74, 6) is 1.15. The average Bonchev–Trinajstić information content (AvgIpc) is 2.81. The molecule has 0 spiro atoms. The van der Waals surface area contributed by atoms with Crippen LogP contribution in [0, 0.1) is 0 Å². The van der Waals surface area contributed by atoms with E-state index in [1.54, 1.807) is 121 Å². The zero-order valence-corrected chi connectivity index (χ0v) is 22.0. The summed E-state index contributed by atoms with van der Waals surface area (Å²) >= 11 is 0. The van der Waals surface area contributed by atoms with Crippen LogP contribution in [0.2, 0.25) is 0 Å². The molecule has 12 heteroatoms. The number of para-hydroxylation sites is 4. The smallest absolute Gasteiger partial charge is 0.395 e. The molecule has 36 heavy (non-hydrogen) atoms. The first-order valence-electron chi connectivity index (χ1n) is 9.95. The standard InChI is InChI=1S/2C12H11O4P.2ClH/c2*13-17(14,15-11-7-3-1-4-8-11)16-12-9-5-2-6-10-12;;/h2*1-10H,(H,13,14);2*1H. The molecule has 0 aliphatic carbocycles. The summed E-state index contributed by atoms with van der Waals surface area (Å²) in [6.45, 7) is 0. The van der Waals surface area contributed by atoms with Crippen LogP contribution >= 0.6 is 40.5 Å². The van der Waals surface area contributed by atoms with E-state index in [2.05, 4.69) is 0 Å². The lowest BCUT2D eigenvalue weighted by Gasteiger charge is -2.13. The summed E-state index contributed by atoms with van der Waals surface area (Å²) in [5, 5.41) is 0. The zero-order valence-electron chi connectivity index (χ0n) is 18.6. The molecule has 4 aromatic carbocycles. The predicted octanol–water partition coefficient (Wildman–Crippen LogP) is 7.33. The quantitative estimate of drug-likeness (QED) is 0.211. The molecule has 0 amide bonds. The lowest BCUT2D eigenvalue weighted by Crippen LogP contribution is -1.99. The lowest BCUT2D eigenvalue weighted by atomic mass is 10.3. The Bertz CT molecular complexity index is 1040. The van der Waals surface area contributed by atoms with Crippen LogP contribution in [0.3, 0.4) is 0 Å². The monoisotopic (exact) mass is 572 g/mol. The number of rotatable bonds is 8. The fraction of sp³-hybridized carbons (Fsp3) is 0. The first-order chi connectivity index (χ1) is 16.3. The third-order valence-corrected chi connectivity index (χ3v) is 5.62. The van der Waals surface area contributed by atoms with Crippen LogP contribution in [-0.4, -0.2) is 9.79 Å². The first kappa shape index (κ1) is 31.1. The van der Waals surface area contributed by atoms with Crippen molar-refractivity contribution in [2.24, 2.45) is 0 Å². The summed E-state index contributed by atoms with van der Waals surface area (Å²) in [6.07, 6.45) is 0. The van der Waals surface area contributed by atoms with E-state index >= 15 is 0 Å². The van der Waals surface area contributed by atoms with Crippen LogP contribution in [-0.2, 0) is 9.13 Å². The highest BCUT2D eigenvalue weighted by Crippen LogP contribution is 2.45. The summed E-state index contributed by atoms with van der Waals surface area (Å²) in [5.41, 5.74) is 0. The van der Waals surface area contributed by atoms with Crippen LogP contribution in [0.1, 0.15) is 0 Å². The molecule has 0 radical (unpaired) electrons. The Hall–Kier alpha value is -2.96. The fourth-order valence-electron chi connectivity index (χ4n) is 2.50. The van der Waals surface area contributed by atoms with E-state index in [-0.39, 0.29) is 47.8 Å². The molecular weight excluding hydrogens is 549 g/mol. The highest BCUT2D eigenvalue weighted by atomic mass is 35.5. The van der Waals surface area contributed by atoms with E-state index in [1.807, 2.05) is 0 Å². The Balaban J connectivity index is 0.000000341. The molecule has 0 fully saturated rings. The lowest BCUT2D eigenvalue weighted by molar-refractivity contribution is 0.289. The normalized spacial score (nSPS) is 10.3. The van der Waals surface area contributed by atoms with Crippen molar-refractivity contribution in [3.05, 3.63) is 121 Å². The van der Waals surface area contributed by atoms with E-state index in [4.69, 9.17) is 18.1 Å². The van der Waals surface area contributed by atoms with Gasteiger partial charge in [0.1, 0.15) is 23.0 Å². The second-order valence-electron chi connectivity index (χ2n) is 6.55. The number of halogens is 2. The van der Waals surface area contributed by atoms with Crippen LogP contribution in [0.25, 0.3) is 0 Å². The Morgan fingerprint density at radius 3 is 0.722 bits per heavy atom. The summed E-state index contributed by atoms with van der Waals surface area (Å²) in [4.78, 5) is 19.1. The van der Waals surface area contributed by atoms with E-state index in [9.17, 15) is 18.9 Å². The minimum absolute atomic E-state index is 0. The van der Waals surface area contributed by atoms with Gasteiger partial charge in [0.15, 0.2) is 0 Å². The van der Waals surface area contributed by atoms with Gasteiger partial charge >= 0.3 is 15.6 Å². The highest BCUT2D eigenvalue weighted by molar-refractivity contribution is 7.48. The largest absolute Gasteiger partial charge is 0.584 e. The number of hydrogen-bond donors (Lipinski definition) is 2. The van der Waals surface area contributed by atoms with Gasteiger partial charge in [-0.15, -0.1) is 24.8 Å².